The molecule has 3 rings (SSSR count). The third kappa shape index (κ3) is 4.63. The van der Waals surface area contributed by atoms with E-state index in [2.05, 4.69) is 5.10 Å². The average molecular weight is 488 g/mol. The first-order valence-electron chi connectivity index (χ1n) is 8.96. The van der Waals surface area contributed by atoms with Gasteiger partial charge in [0, 0.05) is 18.3 Å². The van der Waals surface area contributed by atoms with Crippen LogP contribution < -0.4 is 16.4 Å². The fourth-order valence-electron chi connectivity index (χ4n) is 2.71. The van der Waals surface area contributed by atoms with Crippen LogP contribution in [0.15, 0.2) is 47.5 Å². The van der Waals surface area contributed by atoms with E-state index in [1.165, 1.54) is 48.0 Å². The van der Waals surface area contributed by atoms with Crippen LogP contribution in [0.5, 0.6) is 0 Å². The van der Waals surface area contributed by atoms with Gasteiger partial charge < -0.3 is 0 Å². The summed E-state index contributed by atoms with van der Waals surface area (Å²) in [6, 6.07) is 6.73. The molecule has 0 radical (unpaired) electrons. The lowest BCUT2D eigenvalue weighted by molar-refractivity contribution is -0.143. The molecule has 2 aromatic heterocycles. The number of halogens is 5. The fourth-order valence-corrected chi connectivity index (χ4v) is 3.00. The maximum Gasteiger partial charge on any atom is 0.434 e. The molecule has 0 unspecified atom stereocenters. The highest BCUT2D eigenvalue weighted by atomic mass is 35.5. The smallest absolute Gasteiger partial charge is 0.283 e. The second kappa shape index (κ2) is 9.05. The molecule has 32 heavy (non-hydrogen) atoms. The van der Waals surface area contributed by atoms with Gasteiger partial charge in [0.15, 0.2) is 5.69 Å². The third-order valence-corrected chi connectivity index (χ3v) is 5.05. The average Bonchev–Trinajstić information content (AvgIpc) is 3.22. The molecule has 0 aliphatic heterocycles. The van der Waals surface area contributed by atoms with Gasteiger partial charge in [0.1, 0.15) is 5.02 Å². The summed E-state index contributed by atoms with van der Waals surface area (Å²) in [5.74, 6) is -1.75. The highest BCUT2D eigenvalue weighted by molar-refractivity contribution is 6.41. The second-order valence-electron chi connectivity index (χ2n) is 6.34. The van der Waals surface area contributed by atoms with Gasteiger partial charge in [-0.2, -0.15) is 18.3 Å². The van der Waals surface area contributed by atoms with Gasteiger partial charge in [-0.1, -0.05) is 30.1 Å². The molecule has 0 aliphatic carbocycles. The molecule has 8 nitrogen and oxygen atoms in total. The first-order chi connectivity index (χ1) is 15.0. The van der Waals surface area contributed by atoms with Crippen molar-refractivity contribution in [1.82, 2.24) is 25.2 Å². The van der Waals surface area contributed by atoms with E-state index >= 15 is 0 Å². The van der Waals surface area contributed by atoms with Crippen LogP contribution in [-0.4, -0.2) is 26.2 Å². The number of hydrazine groups is 1. The van der Waals surface area contributed by atoms with Gasteiger partial charge in [0.25, 0.3) is 11.5 Å². The van der Waals surface area contributed by atoms with Crippen molar-refractivity contribution in [3.8, 4) is 11.4 Å². The maximum absolute atomic E-state index is 13.7. The molecule has 2 amide bonds. The Labute approximate surface area is 188 Å². The summed E-state index contributed by atoms with van der Waals surface area (Å²) in [6.45, 7) is 1.51. The molecule has 0 aliphatic rings. The number of rotatable bonds is 4. The Morgan fingerprint density at radius 3 is 2.28 bits per heavy atom. The molecule has 0 bridgehead atoms. The highest BCUT2D eigenvalue weighted by Gasteiger charge is 2.40. The number of carbonyl (C=O) groups is 2. The van der Waals surface area contributed by atoms with E-state index < -0.39 is 34.8 Å². The molecule has 2 N–H and O–H groups in total. The number of benzene rings is 1. The van der Waals surface area contributed by atoms with Crippen LogP contribution in [0.4, 0.5) is 13.2 Å². The van der Waals surface area contributed by atoms with Gasteiger partial charge >= 0.3 is 6.18 Å². The Morgan fingerprint density at radius 1 is 1.06 bits per heavy atom. The van der Waals surface area contributed by atoms with Crippen LogP contribution in [0, 0.1) is 0 Å². The van der Waals surface area contributed by atoms with Gasteiger partial charge in [-0.15, -0.1) is 0 Å². The van der Waals surface area contributed by atoms with E-state index in [1.54, 1.807) is 0 Å². The molecular weight excluding hydrogens is 474 g/mol. The fraction of sp³-hybridized carbons (Fsp3) is 0.158. The van der Waals surface area contributed by atoms with E-state index in [-0.39, 0.29) is 22.2 Å². The van der Waals surface area contributed by atoms with Crippen LogP contribution in [0.25, 0.3) is 11.4 Å². The standard InChI is InChI=1S/C19H14Cl2F3N5O3/c1-2-14(30)26-27-17(31)12-9-25-29(16(12)19(22,23)24)11-5-3-10(4-6-11)28-8-7-13(20)15(21)18(28)32/h3-9H,2H2,1H3,(H,26,30)(H,27,31). The Hall–Kier alpha value is -3.31. The number of amides is 2. The van der Waals surface area contributed by atoms with Gasteiger partial charge in [-0.25, -0.2) is 4.68 Å². The molecule has 1 aromatic carbocycles. The van der Waals surface area contributed by atoms with Crippen molar-refractivity contribution >= 4 is 35.0 Å². The second-order valence-corrected chi connectivity index (χ2v) is 7.13. The SMILES string of the molecule is CCC(=O)NNC(=O)c1cnn(-c2ccc(-n3ccc(Cl)c(Cl)c3=O)cc2)c1C(F)(F)F. The topological polar surface area (TPSA) is 98.0 Å². The lowest BCUT2D eigenvalue weighted by atomic mass is 10.2. The van der Waals surface area contributed by atoms with Crippen molar-refractivity contribution in [1.29, 1.82) is 0 Å². The first-order valence-corrected chi connectivity index (χ1v) is 9.72. The Kier molecular flexibility index (Phi) is 6.60. The van der Waals surface area contributed by atoms with Crippen LogP contribution in [-0.2, 0) is 11.0 Å². The van der Waals surface area contributed by atoms with Crippen LogP contribution in [0.1, 0.15) is 29.4 Å². The van der Waals surface area contributed by atoms with Gasteiger partial charge in [0.2, 0.25) is 5.91 Å². The van der Waals surface area contributed by atoms with Crippen molar-refractivity contribution in [2.75, 3.05) is 0 Å². The molecule has 0 fully saturated rings. The predicted molar refractivity (Wildman–Crippen MR) is 110 cm³/mol. The quantitative estimate of drug-likeness (QED) is 0.550. The minimum atomic E-state index is -4.93. The van der Waals surface area contributed by atoms with E-state index in [4.69, 9.17) is 23.2 Å². The summed E-state index contributed by atoms with van der Waals surface area (Å²) >= 11 is 11.6. The van der Waals surface area contributed by atoms with E-state index in [0.29, 0.717) is 10.4 Å². The molecule has 0 saturated heterocycles. The van der Waals surface area contributed by atoms with Crippen LogP contribution >= 0.6 is 23.2 Å². The summed E-state index contributed by atoms with van der Waals surface area (Å²) in [6.07, 6.45) is -2.79. The van der Waals surface area contributed by atoms with Gasteiger partial charge in [-0.3, -0.25) is 29.8 Å². The summed E-state index contributed by atoms with van der Waals surface area (Å²) < 4.78 is 42.9. The zero-order valence-corrected chi connectivity index (χ0v) is 17.7. The van der Waals surface area contributed by atoms with E-state index in [0.717, 1.165) is 6.20 Å². The van der Waals surface area contributed by atoms with Crippen molar-refractivity contribution in [3.05, 3.63) is 74.4 Å². The number of nitrogens with one attached hydrogen (secondary N) is 2. The number of aromatic nitrogens is 3. The first kappa shape index (κ1) is 23.4. The van der Waals surface area contributed by atoms with E-state index in [9.17, 15) is 27.6 Å². The minimum Gasteiger partial charge on any atom is -0.283 e. The molecule has 13 heteroatoms. The zero-order chi connectivity index (χ0) is 23.6. The summed E-state index contributed by atoms with van der Waals surface area (Å²) in [5, 5.41) is 3.55. The van der Waals surface area contributed by atoms with Crippen LogP contribution in [0.3, 0.4) is 0 Å². The normalized spacial score (nSPS) is 11.3. The number of alkyl halides is 3. The van der Waals surface area contributed by atoms with E-state index in [1.807, 2.05) is 10.9 Å². The number of nitrogens with zero attached hydrogens (tertiary/aromatic N) is 3. The van der Waals surface area contributed by atoms with Crippen molar-refractivity contribution in [3.63, 3.8) is 0 Å². The third-order valence-electron chi connectivity index (χ3n) is 4.28. The Bertz CT molecular complexity index is 1240. The molecular formula is C19H14Cl2F3N5O3. The predicted octanol–water partition coefficient (Wildman–Crippen LogP) is 3.52. The number of hydrogen-bond donors (Lipinski definition) is 2. The monoisotopic (exact) mass is 487 g/mol. The Balaban J connectivity index is 1.99. The van der Waals surface area contributed by atoms with Crippen LogP contribution in [0.2, 0.25) is 10.0 Å². The maximum atomic E-state index is 13.7. The zero-order valence-electron chi connectivity index (χ0n) is 16.2. The lowest BCUT2D eigenvalue weighted by Gasteiger charge is -2.14. The van der Waals surface area contributed by atoms with Gasteiger partial charge in [-0.05, 0) is 30.3 Å². The summed E-state index contributed by atoms with van der Waals surface area (Å²) in [5.41, 5.74) is 1.50. The highest BCUT2D eigenvalue weighted by Crippen LogP contribution is 2.33. The van der Waals surface area contributed by atoms with Crippen molar-refractivity contribution in [2.45, 2.75) is 19.5 Å². The minimum absolute atomic E-state index is 0.0224. The summed E-state index contributed by atoms with van der Waals surface area (Å²) in [7, 11) is 0. The lowest BCUT2D eigenvalue weighted by Crippen LogP contribution is -2.41. The molecule has 0 saturated carbocycles. The molecule has 0 spiro atoms. The van der Waals surface area contributed by atoms with Gasteiger partial charge in [0.05, 0.1) is 22.5 Å². The number of carbonyl (C=O) groups excluding carboxylic acids is 2. The Morgan fingerprint density at radius 2 is 1.69 bits per heavy atom. The molecule has 168 valence electrons. The van der Waals surface area contributed by atoms with Crippen molar-refractivity contribution < 1.29 is 22.8 Å². The molecule has 0 atom stereocenters. The molecule has 3 aromatic rings. The number of pyridine rings is 1. The summed E-state index contributed by atoms with van der Waals surface area (Å²) in [4.78, 5) is 35.7. The molecule has 2 heterocycles. The van der Waals surface area contributed by atoms with Crippen molar-refractivity contribution in [2.24, 2.45) is 0 Å². The largest absolute Gasteiger partial charge is 0.434 e. The number of hydrogen-bond acceptors (Lipinski definition) is 4.